The number of unbranched alkanes of at least 4 members (excludes halogenated alkanes) is 38. The maximum Gasteiger partial charge on any atom is 0.364 e. The van der Waals surface area contributed by atoms with Crippen molar-refractivity contribution in [1.29, 1.82) is 0 Å². The van der Waals surface area contributed by atoms with Gasteiger partial charge in [-0.1, -0.05) is 257 Å². The second-order valence-electron chi connectivity index (χ2n) is 28.2. The minimum Gasteiger partial charge on any atom is -0.477 e. The standard InChI is InChI=1S/C74H138N2O21/c1-4-6-8-10-12-14-16-17-18-19-20-21-22-23-24-25-26-27-28-29-30-31-32-33-34-35-36-38-40-42-44-46-48-61(84)76-55(56(81)47-45-43-41-39-37-15-13-11-9-7-5-2)53-92-71-66(88)65(87)68(60(52-79)94-71)95-72-67(89)70(64(86)59(51-78)93-72)97-74(73(90)91)49-57(82)62(75-54(3)80)69(96-74)63(85)58(83)50-77/h23-24,55-60,62-72,77-79,81-83,85-89H,4-22,25-53H2,1-3H3,(H,75,80)(H,76,84)(H,90,91)/b24-23-. The van der Waals surface area contributed by atoms with E-state index in [-0.39, 0.29) is 18.9 Å². The molecule has 0 aliphatic carbocycles. The Morgan fingerprint density at radius 3 is 1.39 bits per heavy atom. The van der Waals surface area contributed by atoms with E-state index in [1.165, 1.54) is 199 Å². The zero-order chi connectivity index (χ0) is 71.1. The highest BCUT2D eigenvalue weighted by Crippen LogP contribution is 2.39. The smallest absolute Gasteiger partial charge is 0.364 e. The summed E-state index contributed by atoms with van der Waals surface area (Å²) in [5.74, 6) is -6.09. The van der Waals surface area contributed by atoms with Gasteiger partial charge in [0.2, 0.25) is 11.8 Å². The van der Waals surface area contributed by atoms with E-state index in [1.54, 1.807) is 0 Å². The number of carbonyl (C=O) groups excluding carboxylic acids is 2. The molecule has 23 nitrogen and oxygen atoms in total. The Bertz CT molecular complexity index is 2000. The number of carbonyl (C=O) groups is 3. The SMILES string of the molecule is CCCCCCCCCCCCCC/C=C\CCCCCCCCCCCCCCCCCCC(=O)NC(COC1OC(CO)C(OC2OC(CO)C(O)C(OC3(C(=O)O)CC(O)C(NC(C)=O)C(C(O)C(O)CO)O3)C2O)C(O)C1O)C(O)CCCCCCCCCCCCC. The van der Waals surface area contributed by atoms with Crippen LogP contribution in [-0.4, -0.2) is 215 Å². The summed E-state index contributed by atoms with van der Waals surface area (Å²) >= 11 is 0. The maximum atomic E-state index is 13.5. The fourth-order valence-corrected chi connectivity index (χ4v) is 13.6. The van der Waals surface area contributed by atoms with Crippen LogP contribution in [0.4, 0.5) is 0 Å². The van der Waals surface area contributed by atoms with Crippen LogP contribution in [0.25, 0.3) is 0 Å². The highest BCUT2D eigenvalue weighted by atomic mass is 16.8. The molecule has 0 aromatic rings. The molecule has 3 aliphatic rings. The van der Waals surface area contributed by atoms with E-state index in [4.69, 9.17) is 28.4 Å². The predicted molar refractivity (Wildman–Crippen MR) is 371 cm³/mol. The lowest BCUT2D eigenvalue weighted by Crippen LogP contribution is -2.70. The largest absolute Gasteiger partial charge is 0.477 e. The van der Waals surface area contributed by atoms with E-state index < -0.39 is 148 Å². The van der Waals surface area contributed by atoms with Gasteiger partial charge in [0, 0.05) is 19.8 Å². The molecule has 18 unspecified atom stereocenters. The van der Waals surface area contributed by atoms with E-state index in [0.717, 1.165) is 58.3 Å². The predicted octanol–water partition coefficient (Wildman–Crippen LogP) is 9.02. The van der Waals surface area contributed by atoms with Gasteiger partial charge in [-0.25, -0.2) is 4.79 Å². The van der Waals surface area contributed by atoms with Gasteiger partial charge in [0.15, 0.2) is 12.6 Å². The molecule has 0 saturated carbocycles. The van der Waals surface area contributed by atoms with Gasteiger partial charge in [0.05, 0.1) is 50.7 Å². The van der Waals surface area contributed by atoms with E-state index in [2.05, 4.69) is 36.6 Å². The van der Waals surface area contributed by atoms with Gasteiger partial charge in [-0.2, -0.15) is 0 Å². The number of hydrogen-bond donors (Lipinski definition) is 14. The minimum atomic E-state index is -3.08. The number of aliphatic hydroxyl groups is 11. The summed E-state index contributed by atoms with van der Waals surface area (Å²) in [6, 6.07) is -2.53. The summed E-state index contributed by atoms with van der Waals surface area (Å²) in [7, 11) is 0. The van der Waals surface area contributed by atoms with Crippen molar-refractivity contribution in [2.75, 3.05) is 26.4 Å². The summed E-state index contributed by atoms with van der Waals surface area (Å²) in [4.78, 5) is 38.6. The fourth-order valence-electron chi connectivity index (χ4n) is 13.6. The van der Waals surface area contributed by atoms with Crippen LogP contribution in [-0.2, 0) is 42.8 Å². The molecule has 97 heavy (non-hydrogen) atoms. The van der Waals surface area contributed by atoms with Gasteiger partial charge in [0.25, 0.3) is 5.79 Å². The molecule has 3 saturated heterocycles. The van der Waals surface area contributed by atoms with Crippen molar-refractivity contribution >= 4 is 17.8 Å². The minimum absolute atomic E-state index is 0.227. The van der Waals surface area contributed by atoms with Crippen LogP contribution in [0.2, 0.25) is 0 Å². The Hall–Kier alpha value is -2.53. The van der Waals surface area contributed by atoms with Gasteiger partial charge in [-0.05, 0) is 38.5 Å². The van der Waals surface area contributed by atoms with Crippen molar-refractivity contribution in [3.05, 3.63) is 12.2 Å². The number of hydrogen-bond acceptors (Lipinski definition) is 20. The summed E-state index contributed by atoms with van der Waals surface area (Å²) in [6.07, 6.45) is 26.8. The average molecular weight is 1390 g/mol. The maximum absolute atomic E-state index is 13.5. The molecule has 2 amide bonds. The van der Waals surface area contributed by atoms with Crippen molar-refractivity contribution in [2.24, 2.45) is 0 Å². The molecule has 3 fully saturated rings. The van der Waals surface area contributed by atoms with Crippen LogP contribution in [0.5, 0.6) is 0 Å². The van der Waals surface area contributed by atoms with Crippen molar-refractivity contribution in [3.63, 3.8) is 0 Å². The zero-order valence-electron chi connectivity index (χ0n) is 60.0. The van der Waals surface area contributed by atoms with E-state index in [9.17, 15) is 75.7 Å². The van der Waals surface area contributed by atoms with Crippen molar-refractivity contribution in [1.82, 2.24) is 10.6 Å². The van der Waals surface area contributed by atoms with Crippen molar-refractivity contribution in [2.45, 2.75) is 413 Å². The Morgan fingerprint density at radius 2 is 0.959 bits per heavy atom. The number of rotatable bonds is 60. The topological polar surface area (TPSA) is 373 Å². The number of carboxylic acids is 1. The first-order valence-electron chi connectivity index (χ1n) is 38.5. The molecule has 570 valence electrons. The monoisotopic (exact) mass is 1390 g/mol. The third-order valence-electron chi connectivity index (χ3n) is 19.7. The average Bonchev–Trinajstić information content (AvgIpc) is 0.758. The number of aliphatic carboxylic acids is 1. The summed E-state index contributed by atoms with van der Waals surface area (Å²) in [5.41, 5.74) is 0. The number of carboxylic acid groups (broad SMARTS) is 1. The van der Waals surface area contributed by atoms with Gasteiger partial charge in [-0.3, -0.25) is 9.59 Å². The molecule has 0 aromatic carbocycles. The normalized spacial score (nSPS) is 27.4. The summed E-state index contributed by atoms with van der Waals surface area (Å²) in [5, 5.41) is 136. The van der Waals surface area contributed by atoms with Crippen LogP contribution >= 0.6 is 0 Å². The third-order valence-corrected chi connectivity index (χ3v) is 19.7. The first kappa shape index (κ1) is 88.7. The molecule has 0 aromatic heterocycles. The van der Waals surface area contributed by atoms with Gasteiger partial charge >= 0.3 is 5.97 Å². The van der Waals surface area contributed by atoms with E-state index in [0.29, 0.717) is 19.3 Å². The quantitative estimate of drug-likeness (QED) is 0.0199. The first-order valence-corrected chi connectivity index (χ1v) is 38.5. The Balaban J connectivity index is 1.44. The van der Waals surface area contributed by atoms with Crippen LogP contribution < -0.4 is 10.6 Å². The second kappa shape index (κ2) is 54.2. The molecule has 3 heterocycles. The molecular formula is C74H138N2O21. The lowest BCUT2D eigenvalue weighted by Gasteiger charge is -2.50. The Morgan fingerprint density at radius 1 is 0.526 bits per heavy atom. The molecule has 0 radical (unpaired) electrons. The fraction of sp³-hybridized carbons (Fsp3) is 0.932. The van der Waals surface area contributed by atoms with Gasteiger partial charge in [-0.15, -0.1) is 0 Å². The van der Waals surface area contributed by atoms with Crippen LogP contribution in [0.3, 0.4) is 0 Å². The third kappa shape index (κ3) is 35.5. The number of nitrogens with one attached hydrogen (secondary N) is 2. The van der Waals surface area contributed by atoms with Crippen molar-refractivity contribution < 1.29 is 104 Å². The molecule has 14 N–H and O–H groups in total. The molecular weight excluding hydrogens is 1250 g/mol. The number of ether oxygens (including phenoxy) is 6. The molecule has 23 heteroatoms. The van der Waals surface area contributed by atoms with E-state index >= 15 is 0 Å². The van der Waals surface area contributed by atoms with E-state index in [1.807, 2.05) is 0 Å². The number of aliphatic hydroxyl groups excluding tert-OH is 11. The second-order valence-corrected chi connectivity index (χ2v) is 28.2. The lowest BCUT2D eigenvalue weighted by molar-refractivity contribution is -0.386. The highest BCUT2D eigenvalue weighted by molar-refractivity contribution is 5.77. The highest BCUT2D eigenvalue weighted by Gasteiger charge is 2.60. The first-order chi connectivity index (χ1) is 46.9. The summed E-state index contributed by atoms with van der Waals surface area (Å²) < 4.78 is 34.9. The zero-order valence-corrected chi connectivity index (χ0v) is 60.0. The number of amides is 2. The van der Waals surface area contributed by atoms with Gasteiger partial charge < -0.3 is 100 Å². The van der Waals surface area contributed by atoms with Crippen LogP contribution in [0, 0.1) is 0 Å². The molecule has 0 spiro atoms. The van der Waals surface area contributed by atoms with Crippen LogP contribution in [0.15, 0.2) is 12.2 Å². The molecule has 3 aliphatic heterocycles. The molecule has 0 bridgehead atoms. The van der Waals surface area contributed by atoms with Gasteiger partial charge in [0.1, 0.15) is 67.1 Å². The molecule has 18 atom stereocenters. The van der Waals surface area contributed by atoms with Crippen LogP contribution in [0.1, 0.15) is 303 Å². The van der Waals surface area contributed by atoms with Crippen molar-refractivity contribution in [3.8, 4) is 0 Å². The molecule has 3 rings (SSSR count). The lowest BCUT2D eigenvalue weighted by atomic mass is 9.88. The number of allylic oxidation sites excluding steroid dienone is 2. The Labute approximate surface area is 581 Å². The Kier molecular flexibility index (Phi) is 49.5. The summed E-state index contributed by atoms with van der Waals surface area (Å²) in [6.45, 7) is 2.21.